The second-order valence-corrected chi connectivity index (χ2v) is 11.8. The molecular formula is C30H33Cl2N5OS. The number of anilines is 1. The third-order valence-corrected chi connectivity index (χ3v) is 8.02. The quantitative estimate of drug-likeness (QED) is 0.194. The molecule has 9 heteroatoms. The molecule has 2 N–H and O–H groups in total. The number of carbonyl (C=O) groups excluding carboxylic acids is 1. The van der Waals surface area contributed by atoms with Crippen molar-refractivity contribution in [3.63, 3.8) is 0 Å². The van der Waals surface area contributed by atoms with Gasteiger partial charge in [0.25, 0.3) is 0 Å². The molecule has 0 unspecified atom stereocenters. The molecule has 4 aromatic rings. The maximum atomic E-state index is 13.1. The van der Waals surface area contributed by atoms with Crippen molar-refractivity contribution in [2.24, 2.45) is 0 Å². The maximum Gasteiger partial charge on any atom is 0.319 e. The Morgan fingerprint density at radius 1 is 0.949 bits per heavy atom. The van der Waals surface area contributed by atoms with E-state index in [9.17, 15) is 4.79 Å². The summed E-state index contributed by atoms with van der Waals surface area (Å²) in [6.45, 7) is 10.7. The Hall–Kier alpha value is -3.00. The Labute approximate surface area is 244 Å². The molecule has 6 nitrogen and oxygen atoms in total. The number of urea groups is 1. The second kappa shape index (κ2) is 12.9. The van der Waals surface area contributed by atoms with Gasteiger partial charge >= 0.3 is 6.03 Å². The lowest BCUT2D eigenvalue weighted by Crippen LogP contribution is -2.30. The summed E-state index contributed by atoms with van der Waals surface area (Å²) in [4.78, 5) is 13.1. The van der Waals surface area contributed by atoms with Crippen LogP contribution in [0.1, 0.15) is 67.6 Å². The fraction of sp³-hybridized carbons (Fsp3) is 0.300. The summed E-state index contributed by atoms with van der Waals surface area (Å²) in [6.07, 6.45) is 0. The molecule has 39 heavy (non-hydrogen) atoms. The van der Waals surface area contributed by atoms with Crippen molar-refractivity contribution in [3.05, 3.63) is 98.8 Å². The molecule has 0 aliphatic carbocycles. The average molecular weight is 583 g/mol. The van der Waals surface area contributed by atoms with Crippen LogP contribution < -0.4 is 10.6 Å². The van der Waals surface area contributed by atoms with Crippen molar-refractivity contribution in [1.82, 2.24) is 20.1 Å². The zero-order valence-electron chi connectivity index (χ0n) is 22.8. The fourth-order valence-corrected chi connectivity index (χ4v) is 5.74. The summed E-state index contributed by atoms with van der Waals surface area (Å²) in [7, 11) is 0. The van der Waals surface area contributed by atoms with Gasteiger partial charge in [0.15, 0.2) is 11.0 Å². The highest BCUT2D eigenvalue weighted by atomic mass is 35.5. The van der Waals surface area contributed by atoms with Crippen LogP contribution >= 0.6 is 35.0 Å². The van der Waals surface area contributed by atoms with Crippen molar-refractivity contribution >= 4 is 46.7 Å². The van der Waals surface area contributed by atoms with Gasteiger partial charge in [-0.15, -0.1) is 10.2 Å². The third-order valence-electron chi connectivity index (χ3n) is 6.49. The lowest BCUT2D eigenvalue weighted by molar-refractivity contribution is 0.251. The molecule has 0 radical (unpaired) electrons. The number of hydrogen-bond acceptors (Lipinski definition) is 4. The number of amides is 2. The van der Waals surface area contributed by atoms with E-state index < -0.39 is 0 Å². The second-order valence-electron chi connectivity index (χ2n) is 9.97. The van der Waals surface area contributed by atoms with Gasteiger partial charge in [-0.3, -0.25) is 4.57 Å². The average Bonchev–Trinajstić information content (AvgIpc) is 3.30. The number of hydrogen-bond donors (Lipinski definition) is 2. The first-order valence-corrected chi connectivity index (χ1v) is 14.6. The van der Waals surface area contributed by atoms with Crippen LogP contribution in [-0.4, -0.2) is 20.8 Å². The van der Waals surface area contributed by atoms with Crippen molar-refractivity contribution < 1.29 is 4.79 Å². The van der Waals surface area contributed by atoms with Crippen molar-refractivity contribution in [1.29, 1.82) is 0 Å². The number of halogens is 2. The number of para-hydroxylation sites is 1. The number of carbonyl (C=O) groups is 1. The molecule has 0 saturated heterocycles. The molecule has 2 amide bonds. The number of nitrogens with one attached hydrogen (secondary N) is 2. The third kappa shape index (κ3) is 6.96. The molecule has 3 aromatic carbocycles. The Bertz CT molecular complexity index is 1440. The minimum Gasteiger partial charge on any atom is -0.331 e. The number of aryl methyl sites for hydroxylation is 1. The predicted octanol–water partition coefficient (Wildman–Crippen LogP) is 8.74. The van der Waals surface area contributed by atoms with Gasteiger partial charge in [0.05, 0.1) is 17.3 Å². The molecule has 204 valence electrons. The molecule has 0 spiro atoms. The Morgan fingerprint density at radius 2 is 1.64 bits per heavy atom. The summed E-state index contributed by atoms with van der Waals surface area (Å²) >= 11 is 14.5. The van der Waals surface area contributed by atoms with Crippen LogP contribution in [0.5, 0.6) is 0 Å². The minimum atomic E-state index is -0.314. The van der Waals surface area contributed by atoms with E-state index >= 15 is 0 Å². The first kappa shape index (κ1) is 29.0. The monoisotopic (exact) mass is 581 g/mol. The molecule has 1 heterocycles. The molecule has 0 saturated carbocycles. The lowest BCUT2D eigenvalue weighted by Gasteiger charge is -2.20. The standard InChI is InChI=1S/C30H33Cl2N5OS/c1-18(2)23-11-8-12-24(19(3)4)28(23)34-29(38)33-16-27-35-36-30(39-17-21-10-7-6-9-20(21)5)37(27)26-15-22(31)13-14-25(26)32/h6-15,18-19H,16-17H2,1-5H3,(H2,33,34,38). The van der Waals surface area contributed by atoms with Crippen LogP contribution in [-0.2, 0) is 12.3 Å². The van der Waals surface area contributed by atoms with Crippen LogP contribution in [0.25, 0.3) is 5.69 Å². The summed E-state index contributed by atoms with van der Waals surface area (Å²) in [5.41, 5.74) is 6.12. The number of rotatable bonds is 9. The Morgan fingerprint density at radius 3 is 2.31 bits per heavy atom. The van der Waals surface area contributed by atoms with E-state index in [1.165, 1.54) is 11.1 Å². The molecule has 0 fully saturated rings. The van der Waals surface area contributed by atoms with E-state index in [0.29, 0.717) is 32.5 Å². The summed E-state index contributed by atoms with van der Waals surface area (Å²) < 4.78 is 1.86. The van der Waals surface area contributed by atoms with Crippen LogP contribution in [0.15, 0.2) is 65.8 Å². The van der Waals surface area contributed by atoms with Crippen LogP contribution in [0.2, 0.25) is 10.0 Å². The van der Waals surface area contributed by atoms with Gasteiger partial charge in [0.1, 0.15) is 0 Å². The van der Waals surface area contributed by atoms with E-state index in [0.717, 1.165) is 16.8 Å². The molecule has 1 aromatic heterocycles. The Balaban J connectivity index is 1.60. The zero-order chi connectivity index (χ0) is 28.1. The first-order chi connectivity index (χ1) is 18.7. The molecule has 0 atom stereocenters. The van der Waals surface area contributed by atoms with Gasteiger partial charge in [-0.1, -0.05) is 105 Å². The molecule has 0 aliphatic rings. The van der Waals surface area contributed by atoms with E-state index in [1.54, 1.807) is 30.0 Å². The molecule has 0 aliphatic heterocycles. The van der Waals surface area contributed by atoms with E-state index in [-0.39, 0.29) is 24.4 Å². The number of nitrogens with zero attached hydrogens (tertiary/aromatic N) is 3. The van der Waals surface area contributed by atoms with Gasteiger partial charge < -0.3 is 10.6 Å². The van der Waals surface area contributed by atoms with Gasteiger partial charge in [0.2, 0.25) is 0 Å². The summed E-state index contributed by atoms with van der Waals surface area (Å²) in [6, 6.07) is 19.3. The largest absolute Gasteiger partial charge is 0.331 e. The van der Waals surface area contributed by atoms with E-state index in [2.05, 4.69) is 79.7 Å². The highest BCUT2D eigenvalue weighted by molar-refractivity contribution is 7.98. The van der Waals surface area contributed by atoms with Gasteiger partial charge in [-0.05, 0) is 59.2 Å². The van der Waals surface area contributed by atoms with Gasteiger partial charge in [-0.2, -0.15) is 0 Å². The van der Waals surface area contributed by atoms with Gasteiger partial charge in [0, 0.05) is 16.5 Å². The van der Waals surface area contributed by atoms with Crippen LogP contribution in [0.3, 0.4) is 0 Å². The first-order valence-electron chi connectivity index (χ1n) is 12.9. The van der Waals surface area contributed by atoms with Crippen molar-refractivity contribution in [3.8, 4) is 5.69 Å². The normalized spacial score (nSPS) is 11.3. The van der Waals surface area contributed by atoms with E-state index in [1.807, 2.05) is 22.8 Å². The highest BCUT2D eigenvalue weighted by Gasteiger charge is 2.20. The number of aromatic nitrogens is 3. The number of thioether (sulfide) groups is 1. The summed E-state index contributed by atoms with van der Waals surface area (Å²) in [5, 5.41) is 16.6. The topological polar surface area (TPSA) is 71.8 Å². The minimum absolute atomic E-state index is 0.146. The zero-order valence-corrected chi connectivity index (χ0v) is 25.1. The smallest absolute Gasteiger partial charge is 0.319 e. The fourth-order valence-electron chi connectivity index (χ4n) is 4.33. The molecule has 0 bridgehead atoms. The predicted molar refractivity (Wildman–Crippen MR) is 163 cm³/mol. The van der Waals surface area contributed by atoms with Crippen LogP contribution in [0.4, 0.5) is 10.5 Å². The molecular weight excluding hydrogens is 549 g/mol. The number of benzene rings is 3. The SMILES string of the molecule is Cc1ccccc1CSc1nnc(CNC(=O)Nc2c(C(C)C)cccc2C(C)C)n1-c1cc(Cl)ccc1Cl. The summed E-state index contributed by atoms with van der Waals surface area (Å²) in [5.74, 6) is 1.78. The maximum absolute atomic E-state index is 13.1. The van der Waals surface area contributed by atoms with Gasteiger partial charge in [-0.25, -0.2) is 4.79 Å². The highest BCUT2D eigenvalue weighted by Crippen LogP contribution is 2.33. The van der Waals surface area contributed by atoms with E-state index in [4.69, 9.17) is 23.2 Å². The van der Waals surface area contributed by atoms with Crippen molar-refractivity contribution in [2.45, 2.75) is 63.9 Å². The Kier molecular flexibility index (Phi) is 9.59. The van der Waals surface area contributed by atoms with Crippen molar-refractivity contribution in [2.75, 3.05) is 5.32 Å². The van der Waals surface area contributed by atoms with Crippen LogP contribution in [0, 0.1) is 6.92 Å². The molecule has 4 rings (SSSR count). The lowest BCUT2D eigenvalue weighted by atomic mass is 9.93.